The number of H-pyrrole nitrogens is 1. The normalized spacial score (nSPS) is 14.0. The third-order valence-electron chi connectivity index (χ3n) is 17.3. The van der Waals surface area contributed by atoms with Gasteiger partial charge in [-0.3, -0.25) is 34.7 Å². The number of hydrogen-bond acceptors (Lipinski definition) is 16. The van der Waals surface area contributed by atoms with E-state index in [4.69, 9.17) is 19.9 Å². The van der Waals surface area contributed by atoms with Gasteiger partial charge in [0.05, 0.1) is 68.3 Å². The number of nitrogens with zero attached hydrogens (tertiary/aromatic N) is 8. The molecule has 2 fully saturated rings. The van der Waals surface area contributed by atoms with Crippen LogP contribution in [0, 0.1) is 20.8 Å². The van der Waals surface area contributed by atoms with E-state index in [1.807, 2.05) is 73.3 Å². The van der Waals surface area contributed by atoms with E-state index in [9.17, 15) is 4.79 Å². The van der Waals surface area contributed by atoms with Crippen molar-refractivity contribution in [2.24, 2.45) is 0 Å². The summed E-state index contributed by atoms with van der Waals surface area (Å²) >= 11 is 0. The van der Waals surface area contributed by atoms with Gasteiger partial charge in [0.2, 0.25) is 0 Å². The van der Waals surface area contributed by atoms with Crippen molar-refractivity contribution in [1.29, 1.82) is 0 Å². The van der Waals surface area contributed by atoms with Crippen molar-refractivity contribution in [1.82, 2.24) is 82.1 Å². The molecule has 2 aliphatic heterocycles. The summed E-state index contributed by atoms with van der Waals surface area (Å²) in [6.07, 6.45) is 10.8. The predicted molar refractivity (Wildman–Crippen MR) is 426 cm³/mol. The summed E-state index contributed by atoms with van der Waals surface area (Å²) in [5.74, 6) is 0. The van der Waals surface area contributed by atoms with Crippen LogP contribution in [-0.4, -0.2) is 136 Å². The van der Waals surface area contributed by atoms with Crippen LogP contribution in [0.4, 0.5) is 0 Å². The maximum Gasteiger partial charge on any atom is 0.182 e. The Labute approximate surface area is 611 Å². The van der Waals surface area contributed by atoms with Gasteiger partial charge in [0.1, 0.15) is 0 Å². The van der Waals surface area contributed by atoms with Crippen LogP contribution in [0.2, 0.25) is 0 Å². The van der Waals surface area contributed by atoms with E-state index in [2.05, 4.69) is 254 Å². The molecule has 13 rings (SSSR count). The second kappa shape index (κ2) is 38.5. The number of hydrogen-bond donors (Lipinski definition) is 8. The zero-order chi connectivity index (χ0) is 73.0. The molecule has 17 heteroatoms. The molecule has 0 radical (unpaired) electrons. The van der Waals surface area contributed by atoms with E-state index in [1.54, 1.807) is 12.4 Å². The highest BCUT2D eigenvalue weighted by Crippen LogP contribution is 2.35. The van der Waals surface area contributed by atoms with Crippen molar-refractivity contribution in [3.8, 4) is 90.6 Å². The Morgan fingerprint density at radius 2 is 0.563 bits per heavy atom. The maximum absolute atomic E-state index is 11.8. The molecular formula is C86H106N16O. The second-order valence-electron chi connectivity index (χ2n) is 29.1. The molecule has 2 aliphatic rings. The van der Waals surface area contributed by atoms with Gasteiger partial charge >= 0.3 is 0 Å². The van der Waals surface area contributed by atoms with Crippen LogP contribution in [0.1, 0.15) is 95.7 Å². The van der Waals surface area contributed by atoms with E-state index in [1.165, 1.54) is 34.4 Å². The average molecular weight is 1380 g/mol. The number of aromatic amines is 1. The fourth-order valence-corrected chi connectivity index (χ4v) is 11.2. The Kier molecular flexibility index (Phi) is 29.0. The quantitative estimate of drug-likeness (QED) is 0.0709. The van der Waals surface area contributed by atoms with Crippen LogP contribution >= 0.6 is 0 Å². The van der Waals surface area contributed by atoms with E-state index < -0.39 is 0 Å². The van der Waals surface area contributed by atoms with E-state index in [0.717, 1.165) is 182 Å². The summed E-state index contributed by atoms with van der Waals surface area (Å²) in [7, 11) is 0. The van der Waals surface area contributed by atoms with Crippen LogP contribution in [0.5, 0.6) is 0 Å². The molecule has 0 saturated carbocycles. The molecule has 0 aliphatic carbocycles. The minimum atomic E-state index is -0.0694. The Hall–Kier alpha value is -9.69. The Bertz CT molecular complexity index is 4170. The SMILES string of the molecule is C1CNCCNCCN1.C1CNCCNCCNCCN1.CC(C)(C)c1ccc(-c2cc(-c3cc(C(C)(C)C)ccn3)nc(-c3cc(C(C)(C)C)ccn3)c2)cc1.Cc1ccc(-c2cc(-c3cc(C)ccn3)nc(-c3cc(C)ccn3)c2)cc1.O=c1cc(-c2ccccn2)[nH]c(-c2ccccn2)c1. The first-order valence-electron chi connectivity index (χ1n) is 36.2. The molecule has 9 aromatic heterocycles. The first-order chi connectivity index (χ1) is 49.6. The van der Waals surface area contributed by atoms with Crippen LogP contribution in [-0.2, 0) is 16.2 Å². The Morgan fingerprint density at radius 3 is 0.864 bits per heavy atom. The molecule has 103 heavy (non-hydrogen) atoms. The van der Waals surface area contributed by atoms with Crippen molar-refractivity contribution in [2.75, 3.05) is 91.6 Å². The largest absolute Gasteiger partial charge is 0.352 e. The summed E-state index contributed by atoms with van der Waals surface area (Å²) in [6, 6.07) is 56.8. The summed E-state index contributed by atoms with van der Waals surface area (Å²) in [5.41, 5.74) is 21.8. The summed E-state index contributed by atoms with van der Waals surface area (Å²) in [4.78, 5) is 51.9. The number of rotatable bonds is 8. The zero-order valence-electron chi connectivity index (χ0n) is 62.5. The third kappa shape index (κ3) is 25.1. The van der Waals surface area contributed by atoms with E-state index in [-0.39, 0.29) is 21.7 Å². The highest BCUT2D eigenvalue weighted by Gasteiger charge is 2.20. The van der Waals surface area contributed by atoms with Gasteiger partial charge in [-0.1, -0.05) is 129 Å². The van der Waals surface area contributed by atoms with Gasteiger partial charge < -0.3 is 42.2 Å². The minimum Gasteiger partial charge on any atom is -0.352 e. The van der Waals surface area contributed by atoms with Gasteiger partial charge in [0, 0.05) is 141 Å². The molecule has 8 N–H and O–H groups in total. The van der Waals surface area contributed by atoms with Gasteiger partial charge in [-0.05, 0) is 184 Å². The molecule has 0 bridgehead atoms. The van der Waals surface area contributed by atoms with Crippen molar-refractivity contribution in [3.63, 3.8) is 0 Å². The highest BCUT2D eigenvalue weighted by atomic mass is 16.1. The lowest BCUT2D eigenvalue weighted by molar-refractivity contribution is 0.534. The number of aromatic nitrogens is 9. The first kappa shape index (κ1) is 77.5. The molecule has 11 aromatic rings. The zero-order valence-corrected chi connectivity index (χ0v) is 62.5. The lowest BCUT2D eigenvalue weighted by atomic mass is 9.86. The van der Waals surface area contributed by atoms with Crippen LogP contribution in [0.3, 0.4) is 0 Å². The third-order valence-corrected chi connectivity index (χ3v) is 17.3. The Balaban J connectivity index is 0.000000161. The molecule has 2 saturated heterocycles. The van der Waals surface area contributed by atoms with Gasteiger partial charge in [-0.25, -0.2) is 9.97 Å². The van der Waals surface area contributed by atoms with E-state index >= 15 is 0 Å². The standard InChI is InChI=1S/C33H39N3.C24H21N3.C15H11N3O.C8H20N4.C6H15N3/c1-31(2,3)24-12-10-22(11-13-24)23-18-29(27-20-25(14-16-34-27)32(4,5)6)36-30(19-23)28-21-26(15-17-35-28)33(7,8)9;1-16-4-6-19(7-5-16)20-14-23(21-12-17(2)8-10-25-21)27-24(15-20)22-13-18(3)9-11-26-22;19-11-9-14(12-5-1-3-7-16-12)18-15(10-11)13-6-2-4-8-17-13;1-2-10-5-6-12-8-7-11-4-3-9-1;1-2-8-5-6-9-4-3-7-1/h10-21H,1-9H3;4-15H,1-3H3;1-10H,(H,18,19);9-12H,1-8H2;7-9H,1-6H2. The van der Waals surface area contributed by atoms with Crippen molar-refractivity contribution >= 4 is 0 Å². The molecule has 2 aromatic carbocycles. The summed E-state index contributed by atoms with van der Waals surface area (Å²) < 4.78 is 0. The molecule has 0 atom stereocenters. The number of benzene rings is 2. The molecule has 11 heterocycles. The van der Waals surface area contributed by atoms with E-state index in [0.29, 0.717) is 11.4 Å². The molecule has 536 valence electrons. The lowest BCUT2D eigenvalue weighted by Gasteiger charge is -2.20. The first-order valence-corrected chi connectivity index (χ1v) is 36.2. The van der Waals surface area contributed by atoms with Gasteiger partial charge in [0.25, 0.3) is 0 Å². The van der Waals surface area contributed by atoms with Crippen LogP contribution < -0.4 is 42.6 Å². The maximum atomic E-state index is 11.8. The van der Waals surface area contributed by atoms with Crippen molar-refractivity contribution in [2.45, 2.75) is 99.3 Å². The molecule has 0 amide bonds. The minimum absolute atomic E-state index is 0.0313. The number of pyridine rings is 9. The number of aryl methyl sites for hydroxylation is 3. The van der Waals surface area contributed by atoms with Crippen molar-refractivity contribution < 1.29 is 0 Å². The smallest absolute Gasteiger partial charge is 0.182 e. The molecular weight excluding hydrogens is 1270 g/mol. The van der Waals surface area contributed by atoms with Gasteiger partial charge in [-0.2, -0.15) is 0 Å². The molecule has 17 nitrogen and oxygen atoms in total. The number of nitrogens with one attached hydrogen (secondary N) is 8. The topological polar surface area (TPSA) is 220 Å². The van der Waals surface area contributed by atoms with Crippen LogP contribution in [0.25, 0.3) is 90.6 Å². The fraction of sp³-hybridized carbons (Fsp3) is 0.337. The monoisotopic (exact) mass is 1380 g/mol. The van der Waals surface area contributed by atoms with Crippen molar-refractivity contribution in [3.05, 3.63) is 251 Å². The van der Waals surface area contributed by atoms with Crippen LogP contribution in [0.15, 0.2) is 212 Å². The molecule has 0 unspecified atom stereocenters. The van der Waals surface area contributed by atoms with Gasteiger partial charge in [-0.15, -0.1) is 0 Å². The second-order valence-corrected chi connectivity index (χ2v) is 29.1. The lowest BCUT2D eigenvalue weighted by Crippen LogP contribution is -2.39. The molecule has 0 spiro atoms. The Morgan fingerprint density at radius 1 is 0.262 bits per heavy atom. The summed E-state index contributed by atoms with van der Waals surface area (Å²) in [6.45, 7) is 41.5. The summed E-state index contributed by atoms with van der Waals surface area (Å²) in [5, 5.41) is 23.3. The fourth-order valence-electron chi connectivity index (χ4n) is 11.2. The average Bonchev–Trinajstić information content (AvgIpc) is 0.812. The predicted octanol–water partition coefficient (Wildman–Crippen LogP) is 14.2. The van der Waals surface area contributed by atoms with Gasteiger partial charge in [0.15, 0.2) is 5.43 Å². The highest BCUT2D eigenvalue weighted by molar-refractivity contribution is 5.77.